The third-order valence-electron chi connectivity index (χ3n) is 3.44. The van der Waals surface area contributed by atoms with Gasteiger partial charge in [0, 0.05) is 7.05 Å². The quantitative estimate of drug-likeness (QED) is 0.895. The Balaban J connectivity index is 2.22. The SMILES string of the molecule is CCCc1ccc(C(O)c2cc(CC)nn2C)cc1. The molecule has 3 nitrogen and oxygen atoms in total. The lowest BCUT2D eigenvalue weighted by atomic mass is 10.0. The zero-order valence-corrected chi connectivity index (χ0v) is 11.9. The van der Waals surface area contributed by atoms with Crippen molar-refractivity contribution in [3.63, 3.8) is 0 Å². The highest BCUT2D eigenvalue weighted by molar-refractivity contribution is 5.30. The third-order valence-corrected chi connectivity index (χ3v) is 3.44. The Hall–Kier alpha value is -1.61. The summed E-state index contributed by atoms with van der Waals surface area (Å²) in [6.45, 7) is 4.24. The minimum atomic E-state index is -0.603. The molecule has 0 aliphatic rings. The minimum absolute atomic E-state index is 0.603. The largest absolute Gasteiger partial charge is 0.382 e. The molecule has 102 valence electrons. The fourth-order valence-corrected chi connectivity index (χ4v) is 2.30. The normalized spacial score (nSPS) is 12.6. The molecule has 1 heterocycles. The van der Waals surface area contributed by atoms with E-state index in [1.807, 2.05) is 25.2 Å². The van der Waals surface area contributed by atoms with Crippen LogP contribution in [0.15, 0.2) is 30.3 Å². The smallest absolute Gasteiger partial charge is 0.121 e. The first-order valence-electron chi connectivity index (χ1n) is 6.95. The second-order valence-corrected chi connectivity index (χ2v) is 4.93. The average Bonchev–Trinajstić information content (AvgIpc) is 2.80. The van der Waals surface area contributed by atoms with Gasteiger partial charge < -0.3 is 5.11 Å². The molecule has 1 aromatic carbocycles. The number of hydrogen-bond acceptors (Lipinski definition) is 2. The summed E-state index contributed by atoms with van der Waals surface area (Å²) in [5.41, 5.74) is 4.10. The van der Waals surface area contributed by atoms with Gasteiger partial charge in [-0.3, -0.25) is 4.68 Å². The zero-order valence-electron chi connectivity index (χ0n) is 11.9. The first kappa shape index (κ1) is 13.8. The lowest BCUT2D eigenvalue weighted by Crippen LogP contribution is -2.06. The van der Waals surface area contributed by atoms with Gasteiger partial charge in [-0.15, -0.1) is 0 Å². The predicted octanol–water partition coefficient (Wildman–Crippen LogP) is 3.02. The van der Waals surface area contributed by atoms with Gasteiger partial charge in [0.2, 0.25) is 0 Å². The zero-order chi connectivity index (χ0) is 13.8. The van der Waals surface area contributed by atoms with E-state index in [0.29, 0.717) is 0 Å². The van der Waals surface area contributed by atoms with Crippen molar-refractivity contribution in [2.24, 2.45) is 7.05 Å². The number of rotatable bonds is 5. The minimum Gasteiger partial charge on any atom is -0.382 e. The molecule has 2 rings (SSSR count). The number of nitrogens with zero attached hydrogens (tertiary/aromatic N) is 2. The molecule has 0 saturated carbocycles. The molecule has 0 fully saturated rings. The Labute approximate surface area is 114 Å². The maximum absolute atomic E-state index is 10.4. The maximum atomic E-state index is 10.4. The Morgan fingerprint density at radius 1 is 1.21 bits per heavy atom. The van der Waals surface area contributed by atoms with Crippen LogP contribution in [0.25, 0.3) is 0 Å². The van der Waals surface area contributed by atoms with E-state index in [-0.39, 0.29) is 0 Å². The fourth-order valence-electron chi connectivity index (χ4n) is 2.30. The lowest BCUT2D eigenvalue weighted by molar-refractivity contribution is 0.209. The van der Waals surface area contributed by atoms with Crippen molar-refractivity contribution in [1.29, 1.82) is 0 Å². The predicted molar refractivity (Wildman–Crippen MR) is 77.1 cm³/mol. The summed E-state index contributed by atoms with van der Waals surface area (Å²) in [6.07, 6.45) is 2.51. The van der Waals surface area contributed by atoms with E-state index in [4.69, 9.17) is 0 Å². The number of aliphatic hydroxyl groups is 1. The van der Waals surface area contributed by atoms with Crippen LogP contribution < -0.4 is 0 Å². The Morgan fingerprint density at radius 3 is 2.42 bits per heavy atom. The van der Waals surface area contributed by atoms with E-state index in [9.17, 15) is 5.11 Å². The topological polar surface area (TPSA) is 38.1 Å². The molecule has 0 aliphatic carbocycles. The third kappa shape index (κ3) is 3.04. The van der Waals surface area contributed by atoms with Gasteiger partial charge in [0.25, 0.3) is 0 Å². The summed E-state index contributed by atoms with van der Waals surface area (Å²) in [4.78, 5) is 0. The molecular weight excluding hydrogens is 236 g/mol. The molecular formula is C16H22N2O. The van der Waals surface area contributed by atoms with E-state index < -0.39 is 6.10 Å². The number of benzene rings is 1. The molecule has 0 amide bonds. The number of aryl methyl sites for hydroxylation is 3. The second-order valence-electron chi connectivity index (χ2n) is 4.93. The van der Waals surface area contributed by atoms with E-state index >= 15 is 0 Å². The maximum Gasteiger partial charge on any atom is 0.121 e. The highest BCUT2D eigenvalue weighted by atomic mass is 16.3. The number of aliphatic hydroxyl groups excluding tert-OH is 1. The molecule has 1 atom stereocenters. The molecule has 0 saturated heterocycles. The number of aromatic nitrogens is 2. The van der Waals surface area contributed by atoms with Gasteiger partial charge in [-0.2, -0.15) is 5.10 Å². The highest BCUT2D eigenvalue weighted by Crippen LogP contribution is 2.23. The van der Waals surface area contributed by atoms with E-state index in [1.54, 1.807) is 4.68 Å². The van der Waals surface area contributed by atoms with Crippen molar-refractivity contribution < 1.29 is 5.11 Å². The second kappa shape index (κ2) is 6.02. The summed E-state index contributed by atoms with van der Waals surface area (Å²) >= 11 is 0. The highest BCUT2D eigenvalue weighted by Gasteiger charge is 2.15. The van der Waals surface area contributed by atoms with Gasteiger partial charge in [-0.25, -0.2) is 0 Å². The summed E-state index contributed by atoms with van der Waals surface area (Å²) < 4.78 is 1.77. The Bertz CT molecular complexity index is 528. The van der Waals surface area contributed by atoms with Crippen LogP contribution >= 0.6 is 0 Å². The van der Waals surface area contributed by atoms with Gasteiger partial charge in [0.15, 0.2) is 0 Å². The van der Waals surface area contributed by atoms with Crippen molar-refractivity contribution in [2.75, 3.05) is 0 Å². The summed E-state index contributed by atoms with van der Waals surface area (Å²) in [5, 5.41) is 14.8. The van der Waals surface area contributed by atoms with Crippen molar-refractivity contribution in [3.8, 4) is 0 Å². The molecule has 2 aromatic rings. The standard InChI is InChI=1S/C16H22N2O/c1-4-6-12-7-9-13(10-8-12)16(19)15-11-14(5-2)17-18(15)3/h7-11,16,19H,4-6H2,1-3H3. The average molecular weight is 258 g/mol. The lowest BCUT2D eigenvalue weighted by Gasteiger charge is -2.12. The summed E-state index contributed by atoms with van der Waals surface area (Å²) in [5.74, 6) is 0. The van der Waals surface area contributed by atoms with Gasteiger partial charge in [-0.1, -0.05) is 44.5 Å². The summed E-state index contributed by atoms with van der Waals surface area (Å²) in [6, 6.07) is 10.2. The van der Waals surface area contributed by atoms with E-state index in [0.717, 1.165) is 36.2 Å². The Kier molecular flexibility index (Phi) is 4.38. The molecule has 3 heteroatoms. The van der Waals surface area contributed by atoms with Crippen LogP contribution in [0.1, 0.15) is 48.9 Å². The molecule has 19 heavy (non-hydrogen) atoms. The van der Waals surface area contributed by atoms with E-state index in [2.05, 4.69) is 31.1 Å². The van der Waals surface area contributed by atoms with Gasteiger partial charge in [0.1, 0.15) is 6.10 Å². The molecule has 0 bridgehead atoms. The van der Waals surface area contributed by atoms with Gasteiger partial charge in [-0.05, 0) is 30.0 Å². The molecule has 1 N–H and O–H groups in total. The van der Waals surface area contributed by atoms with Crippen molar-refractivity contribution in [1.82, 2.24) is 9.78 Å². The van der Waals surface area contributed by atoms with Crippen LogP contribution in [0.5, 0.6) is 0 Å². The van der Waals surface area contributed by atoms with Gasteiger partial charge >= 0.3 is 0 Å². The van der Waals surface area contributed by atoms with Crippen molar-refractivity contribution in [2.45, 2.75) is 39.2 Å². The molecule has 0 spiro atoms. The van der Waals surface area contributed by atoms with Crippen molar-refractivity contribution in [3.05, 3.63) is 52.8 Å². The first-order valence-corrected chi connectivity index (χ1v) is 6.95. The van der Waals surface area contributed by atoms with Crippen LogP contribution in [0, 0.1) is 0 Å². The number of hydrogen-bond donors (Lipinski definition) is 1. The summed E-state index contributed by atoms with van der Waals surface area (Å²) in [7, 11) is 1.88. The fraction of sp³-hybridized carbons (Fsp3) is 0.438. The Morgan fingerprint density at radius 2 is 1.89 bits per heavy atom. The van der Waals surface area contributed by atoms with Crippen molar-refractivity contribution >= 4 is 0 Å². The molecule has 0 radical (unpaired) electrons. The van der Waals surface area contributed by atoms with Gasteiger partial charge in [0.05, 0.1) is 11.4 Å². The van der Waals surface area contributed by atoms with Crippen LogP contribution in [-0.4, -0.2) is 14.9 Å². The monoisotopic (exact) mass is 258 g/mol. The molecule has 0 aliphatic heterocycles. The van der Waals surface area contributed by atoms with Crippen LogP contribution in [-0.2, 0) is 19.9 Å². The van der Waals surface area contributed by atoms with Crippen LogP contribution in [0.3, 0.4) is 0 Å². The van der Waals surface area contributed by atoms with Crippen LogP contribution in [0.4, 0.5) is 0 Å². The molecule has 1 aromatic heterocycles. The first-order chi connectivity index (χ1) is 9.15. The molecule has 1 unspecified atom stereocenters. The van der Waals surface area contributed by atoms with Crippen LogP contribution in [0.2, 0.25) is 0 Å². The van der Waals surface area contributed by atoms with E-state index in [1.165, 1.54) is 5.56 Å².